The van der Waals surface area contributed by atoms with Crippen LogP contribution in [0.5, 0.6) is 5.75 Å². The van der Waals surface area contributed by atoms with E-state index in [1.165, 1.54) is 11.1 Å². The number of nitrogens with zero attached hydrogens (tertiary/aromatic N) is 1. The highest BCUT2D eigenvalue weighted by molar-refractivity contribution is 5.37. The van der Waals surface area contributed by atoms with Crippen molar-refractivity contribution in [2.75, 3.05) is 27.3 Å². The van der Waals surface area contributed by atoms with Gasteiger partial charge >= 0.3 is 0 Å². The lowest BCUT2D eigenvalue weighted by Crippen LogP contribution is -2.20. The van der Waals surface area contributed by atoms with Gasteiger partial charge in [-0.15, -0.1) is 0 Å². The minimum atomic E-state index is 0.250. The fourth-order valence-corrected chi connectivity index (χ4v) is 2.20. The number of aliphatic hydroxyl groups is 1. The third-order valence-electron chi connectivity index (χ3n) is 3.14. The lowest BCUT2D eigenvalue weighted by molar-refractivity contribution is 0.235. The fourth-order valence-electron chi connectivity index (χ4n) is 2.20. The second kappa shape index (κ2) is 7.39. The van der Waals surface area contributed by atoms with Crippen molar-refractivity contribution in [1.29, 1.82) is 0 Å². The number of hydrogen-bond acceptors (Lipinski definition) is 3. The number of aliphatic hydroxyl groups excluding tert-OH is 1. The molecule has 0 spiro atoms. The molecule has 1 aromatic carbocycles. The Morgan fingerprint density at radius 3 is 2.56 bits per heavy atom. The lowest BCUT2D eigenvalue weighted by atomic mass is 9.99. The molecule has 1 atom stereocenters. The van der Waals surface area contributed by atoms with Crippen molar-refractivity contribution in [3.8, 4) is 5.75 Å². The summed E-state index contributed by atoms with van der Waals surface area (Å²) in [7, 11) is 4.15. The van der Waals surface area contributed by atoms with Crippen LogP contribution in [-0.4, -0.2) is 37.3 Å². The second-order valence-corrected chi connectivity index (χ2v) is 4.80. The first-order chi connectivity index (χ1) is 8.60. The maximum atomic E-state index is 8.97. The Balaban J connectivity index is 2.88. The van der Waals surface area contributed by atoms with Crippen LogP contribution in [0.4, 0.5) is 0 Å². The fraction of sp³-hybridized carbons (Fsp3) is 0.600. The smallest absolute Gasteiger partial charge is 0.122 e. The van der Waals surface area contributed by atoms with Gasteiger partial charge in [0.1, 0.15) is 5.75 Å². The Morgan fingerprint density at radius 1 is 1.33 bits per heavy atom. The van der Waals surface area contributed by atoms with E-state index in [1.807, 2.05) is 13.0 Å². The lowest BCUT2D eigenvalue weighted by Gasteiger charge is -2.25. The van der Waals surface area contributed by atoms with E-state index < -0.39 is 0 Å². The second-order valence-electron chi connectivity index (χ2n) is 4.80. The summed E-state index contributed by atoms with van der Waals surface area (Å²) in [5.74, 6) is 0.959. The van der Waals surface area contributed by atoms with Gasteiger partial charge in [0.15, 0.2) is 0 Å². The number of rotatable bonds is 7. The molecule has 0 heterocycles. The van der Waals surface area contributed by atoms with Gasteiger partial charge in [0.2, 0.25) is 0 Å². The summed E-state index contributed by atoms with van der Waals surface area (Å²) in [6, 6.07) is 6.71. The first kappa shape index (κ1) is 15.0. The molecule has 0 aliphatic heterocycles. The van der Waals surface area contributed by atoms with Gasteiger partial charge in [-0.3, -0.25) is 0 Å². The minimum absolute atomic E-state index is 0.250. The highest BCUT2D eigenvalue weighted by Crippen LogP contribution is 2.28. The zero-order valence-electron chi connectivity index (χ0n) is 11.9. The minimum Gasteiger partial charge on any atom is -0.494 e. The monoisotopic (exact) mass is 251 g/mol. The Labute approximate surface area is 110 Å². The van der Waals surface area contributed by atoms with Crippen molar-refractivity contribution < 1.29 is 9.84 Å². The summed E-state index contributed by atoms with van der Waals surface area (Å²) < 4.78 is 5.56. The average molecular weight is 251 g/mol. The number of hydrogen-bond donors (Lipinski definition) is 1. The molecule has 102 valence electrons. The van der Waals surface area contributed by atoms with Crippen LogP contribution in [0.15, 0.2) is 18.2 Å². The molecule has 18 heavy (non-hydrogen) atoms. The molecule has 0 saturated heterocycles. The highest BCUT2D eigenvalue weighted by Gasteiger charge is 2.14. The van der Waals surface area contributed by atoms with Gasteiger partial charge < -0.3 is 14.7 Å². The van der Waals surface area contributed by atoms with E-state index in [-0.39, 0.29) is 6.61 Å². The molecule has 0 radical (unpaired) electrons. The molecule has 1 aromatic rings. The van der Waals surface area contributed by atoms with Crippen LogP contribution >= 0.6 is 0 Å². The topological polar surface area (TPSA) is 32.7 Å². The van der Waals surface area contributed by atoms with Crippen molar-refractivity contribution in [2.45, 2.75) is 32.7 Å². The van der Waals surface area contributed by atoms with Gasteiger partial charge in [0.25, 0.3) is 0 Å². The van der Waals surface area contributed by atoms with E-state index in [4.69, 9.17) is 9.84 Å². The van der Waals surface area contributed by atoms with Crippen LogP contribution in [0.2, 0.25) is 0 Å². The Hall–Kier alpha value is -1.06. The van der Waals surface area contributed by atoms with Crippen molar-refractivity contribution in [1.82, 2.24) is 4.90 Å². The molecule has 0 bridgehead atoms. The van der Waals surface area contributed by atoms with Crippen LogP contribution in [-0.2, 0) is 0 Å². The summed E-state index contributed by atoms with van der Waals surface area (Å²) in [6.45, 7) is 5.02. The Kier molecular flexibility index (Phi) is 6.16. The van der Waals surface area contributed by atoms with Gasteiger partial charge in [0.05, 0.1) is 6.61 Å². The molecule has 1 rings (SSSR count). The number of benzene rings is 1. The molecule has 0 aliphatic rings. The molecule has 0 fully saturated rings. The Bertz CT molecular complexity index is 364. The SMILES string of the molecule is CCOc1ccc(C(CCCO)N(C)C)cc1C. The summed E-state index contributed by atoms with van der Waals surface area (Å²) in [6.07, 6.45) is 1.80. The summed E-state index contributed by atoms with van der Waals surface area (Å²) in [4.78, 5) is 2.20. The molecule has 1 N–H and O–H groups in total. The van der Waals surface area contributed by atoms with Crippen LogP contribution in [0.3, 0.4) is 0 Å². The molecule has 0 aromatic heterocycles. The maximum Gasteiger partial charge on any atom is 0.122 e. The predicted octanol–water partition coefficient (Wildman–Crippen LogP) is 2.77. The van der Waals surface area contributed by atoms with Crippen LogP contribution in [0.1, 0.15) is 36.9 Å². The van der Waals surface area contributed by atoms with Gasteiger partial charge in [-0.05, 0) is 58.0 Å². The van der Waals surface area contributed by atoms with E-state index >= 15 is 0 Å². The molecule has 0 aliphatic carbocycles. The Morgan fingerprint density at radius 2 is 2.06 bits per heavy atom. The normalized spacial score (nSPS) is 12.8. The molecule has 1 unspecified atom stereocenters. The zero-order valence-corrected chi connectivity index (χ0v) is 11.9. The van der Waals surface area contributed by atoms with Crippen LogP contribution in [0.25, 0.3) is 0 Å². The molecule has 3 heteroatoms. The third-order valence-corrected chi connectivity index (χ3v) is 3.14. The number of aryl methyl sites for hydroxylation is 1. The summed E-state index contributed by atoms with van der Waals surface area (Å²) >= 11 is 0. The van der Waals surface area contributed by atoms with E-state index in [9.17, 15) is 0 Å². The van der Waals surface area contributed by atoms with Gasteiger partial charge in [-0.2, -0.15) is 0 Å². The average Bonchev–Trinajstić information content (AvgIpc) is 2.32. The molecule has 0 saturated carbocycles. The summed E-state index contributed by atoms with van der Waals surface area (Å²) in [5, 5.41) is 8.97. The molecule has 0 amide bonds. The van der Waals surface area contributed by atoms with Crippen molar-refractivity contribution in [3.05, 3.63) is 29.3 Å². The van der Waals surface area contributed by atoms with E-state index in [0.717, 1.165) is 18.6 Å². The van der Waals surface area contributed by atoms with Crippen LogP contribution < -0.4 is 4.74 Å². The van der Waals surface area contributed by atoms with E-state index in [2.05, 4.69) is 38.1 Å². The van der Waals surface area contributed by atoms with Gasteiger partial charge in [0, 0.05) is 12.6 Å². The van der Waals surface area contributed by atoms with E-state index in [0.29, 0.717) is 12.6 Å². The third kappa shape index (κ3) is 4.00. The quantitative estimate of drug-likeness (QED) is 0.809. The highest BCUT2D eigenvalue weighted by atomic mass is 16.5. The standard InChI is InChI=1S/C15H25NO2/c1-5-18-15-9-8-13(11-12(15)2)14(16(3)4)7-6-10-17/h8-9,11,14,17H,5-7,10H2,1-4H3. The van der Waals surface area contributed by atoms with Crippen LogP contribution in [0, 0.1) is 6.92 Å². The first-order valence-corrected chi connectivity index (χ1v) is 6.60. The predicted molar refractivity (Wildman–Crippen MR) is 75.1 cm³/mol. The zero-order chi connectivity index (χ0) is 13.5. The van der Waals surface area contributed by atoms with E-state index in [1.54, 1.807) is 0 Å². The molecular formula is C15H25NO2. The van der Waals surface area contributed by atoms with Gasteiger partial charge in [-0.1, -0.05) is 12.1 Å². The first-order valence-electron chi connectivity index (χ1n) is 6.60. The molecule has 3 nitrogen and oxygen atoms in total. The van der Waals surface area contributed by atoms with Crippen molar-refractivity contribution in [3.63, 3.8) is 0 Å². The van der Waals surface area contributed by atoms with Crippen molar-refractivity contribution >= 4 is 0 Å². The van der Waals surface area contributed by atoms with Gasteiger partial charge in [-0.25, -0.2) is 0 Å². The van der Waals surface area contributed by atoms with Crippen molar-refractivity contribution in [2.24, 2.45) is 0 Å². The maximum absolute atomic E-state index is 8.97. The largest absolute Gasteiger partial charge is 0.494 e. The summed E-state index contributed by atoms with van der Waals surface area (Å²) in [5.41, 5.74) is 2.46. The number of ether oxygens (including phenoxy) is 1. The molecular weight excluding hydrogens is 226 g/mol.